The van der Waals surface area contributed by atoms with E-state index in [1.807, 2.05) is 36.5 Å². The summed E-state index contributed by atoms with van der Waals surface area (Å²) < 4.78 is 16.4. The van der Waals surface area contributed by atoms with Crippen molar-refractivity contribution < 1.29 is 23.8 Å². The second-order valence-corrected chi connectivity index (χ2v) is 7.55. The number of methoxy groups -OCH3 is 1. The van der Waals surface area contributed by atoms with Crippen molar-refractivity contribution in [3.05, 3.63) is 64.9 Å². The van der Waals surface area contributed by atoms with E-state index >= 15 is 0 Å². The number of carbonyl (C=O) groups is 2. The monoisotopic (exact) mass is 425 g/mol. The molecular weight excluding hydrogens is 406 g/mol. The molecule has 1 aliphatic heterocycles. The van der Waals surface area contributed by atoms with Crippen LogP contribution in [0, 0.1) is 0 Å². The summed E-state index contributed by atoms with van der Waals surface area (Å²) in [7, 11) is 1.26. The first-order chi connectivity index (χ1) is 14.6. The predicted molar refractivity (Wildman–Crippen MR) is 109 cm³/mol. The SMILES string of the molecule is COC(=O)CNC(=O)c1cnc(Oc2ccc3c(c2)CCC(c2cccnc2)O3)s1. The maximum absolute atomic E-state index is 12.0. The lowest BCUT2D eigenvalue weighted by atomic mass is 9.98. The van der Waals surface area contributed by atoms with Crippen LogP contribution in [-0.2, 0) is 16.0 Å². The molecule has 30 heavy (non-hydrogen) atoms. The molecule has 3 heterocycles. The summed E-state index contributed by atoms with van der Waals surface area (Å²) in [6.07, 6.45) is 6.68. The molecule has 0 radical (unpaired) electrons. The second kappa shape index (κ2) is 8.91. The van der Waals surface area contributed by atoms with Gasteiger partial charge in [-0.3, -0.25) is 14.6 Å². The van der Waals surface area contributed by atoms with E-state index in [1.54, 1.807) is 6.20 Å². The molecule has 1 aliphatic rings. The first kappa shape index (κ1) is 19.8. The third kappa shape index (κ3) is 4.57. The lowest BCUT2D eigenvalue weighted by molar-refractivity contribution is -0.139. The van der Waals surface area contributed by atoms with Crippen LogP contribution in [-0.4, -0.2) is 35.5 Å². The number of aromatic nitrogens is 2. The molecule has 154 valence electrons. The standard InChI is InChI=1S/C21H19N3O5S/c1-27-19(25)12-23-20(26)18-11-24-21(30-18)28-15-5-7-16-13(9-15)4-6-17(29-16)14-3-2-8-22-10-14/h2-3,5,7-11,17H,4,6,12H2,1H3,(H,23,26). The molecule has 1 unspecified atom stereocenters. The van der Waals surface area contributed by atoms with E-state index in [9.17, 15) is 9.59 Å². The van der Waals surface area contributed by atoms with Gasteiger partial charge in [-0.15, -0.1) is 0 Å². The van der Waals surface area contributed by atoms with Gasteiger partial charge in [-0.25, -0.2) is 4.98 Å². The number of nitrogens with zero attached hydrogens (tertiary/aromatic N) is 2. The summed E-state index contributed by atoms with van der Waals surface area (Å²) >= 11 is 1.09. The van der Waals surface area contributed by atoms with Gasteiger partial charge in [0.1, 0.15) is 29.0 Å². The molecular formula is C21H19N3O5S. The van der Waals surface area contributed by atoms with Gasteiger partial charge in [0.2, 0.25) is 0 Å². The van der Waals surface area contributed by atoms with E-state index in [2.05, 4.69) is 20.0 Å². The van der Waals surface area contributed by atoms with Gasteiger partial charge in [-0.05, 0) is 42.7 Å². The summed E-state index contributed by atoms with van der Waals surface area (Å²) in [4.78, 5) is 31.8. The zero-order valence-electron chi connectivity index (χ0n) is 16.2. The number of fused-ring (bicyclic) bond motifs is 1. The summed E-state index contributed by atoms with van der Waals surface area (Å²) in [5.41, 5.74) is 2.12. The second-order valence-electron chi connectivity index (χ2n) is 6.55. The fourth-order valence-corrected chi connectivity index (χ4v) is 3.75. The highest BCUT2D eigenvalue weighted by Gasteiger charge is 2.22. The fourth-order valence-electron chi connectivity index (χ4n) is 3.05. The third-order valence-electron chi connectivity index (χ3n) is 4.57. The number of ether oxygens (including phenoxy) is 3. The number of thiazole rings is 1. The topological polar surface area (TPSA) is 99.6 Å². The van der Waals surface area contributed by atoms with Crippen molar-refractivity contribution in [1.82, 2.24) is 15.3 Å². The average Bonchev–Trinajstić information content (AvgIpc) is 3.26. The van der Waals surface area contributed by atoms with Crippen molar-refractivity contribution in [2.75, 3.05) is 13.7 Å². The zero-order valence-corrected chi connectivity index (χ0v) is 17.0. The van der Waals surface area contributed by atoms with Gasteiger partial charge in [0.25, 0.3) is 11.1 Å². The van der Waals surface area contributed by atoms with Crippen molar-refractivity contribution in [1.29, 1.82) is 0 Å². The van der Waals surface area contributed by atoms with Crippen LogP contribution >= 0.6 is 11.3 Å². The average molecular weight is 425 g/mol. The Balaban J connectivity index is 1.39. The zero-order chi connectivity index (χ0) is 20.9. The molecule has 0 saturated heterocycles. The van der Waals surface area contributed by atoms with Gasteiger partial charge in [0.05, 0.1) is 13.3 Å². The van der Waals surface area contributed by atoms with Crippen LogP contribution < -0.4 is 14.8 Å². The van der Waals surface area contributed by atoms with Crippen LogP contribution in [0.1, 0.15) is 33.3 Å². The quantitative estimate of drug-likeness (QED) is 0.605. The first-order valence-electron chi connectivity index (χ1n) is 9.30. The number of aryl methyl sites for hydroxylation is 1. The highest BCUT2D eigenvalue weighted by molar-refractivity contribution is 7.15. The molecule has 1 aromatic carbocycles. The Morgan fingerprint density at radius 2 is 2.20 bits per heavy atom. The van der Waals surface area contributed by atoms with Crippen molar-refractivity contribution in [2.24, 2.45) is 0 Å². The smallest absolute Gasteiger partial charge is 0.325 e. The van der Waals surface area contributed by atoms with Gasteiger partial charge in [-0.1, -0.05) is 17.4 Å². The number of carbonyl (C=O) groups excluding carboxylic acids is 2. The van der Waals surface area contributed by atoms with Crippen LogP contribution in [0.5, 0.6) is 16.7 Å². The number of amides is 1. The Hall–Kier alpha value is -3.46. The molecule has 0 spiro atoms. The predicted octanol–water partition coefficient (Wildman–Crippen LogP) is 3.30. The third-order valence-corrected chi connectivity index (χ3v) is 5.44. The molecule has 1 N–H and O–H groups in total. The number of esters is 1. The minimum Gasteiger partial charge on any atom is -0.485 e. The molecule has 1 atom stereocenters. The normalized spacial score (nSPS) is 14.9. The summed E-state index contributed by atoms with van der Waals surface area (Å²) in [5.74, 6) is 0.511. The Kier molecular flexibility index (Phi) is 5.89. The number of benzene rings is 1. The first-order valence-corrected chi connectivity index (χ1v) is 10.1. The number of pyridine rings is 1. The summed E-state index contributed by atoms with van der Waals surface area (Å²) in [6.45, 7) is -0.200. The highest BCUT2D eigenvalue weighted by atomic mass is 32.1. The van der Waals surface area contributed by atoms with Crippen LogP contribution in [0.15, 0.2) is 48.9 Å². The van der Waals surface area contributed by atoms with E-state index < -0.39 is 11.9 Å². The molecule has 4 rings (SSSR count). The minimum absolute atomic E-state index is 0.0111. The van der Waals surface area contributed by atoms with Gasteiger partial charge in [-0.2, -0.15) is 0 Å². The van der Waals surface area contributed by atoms with Crippen molar-refractivity contribution >= 4 is 23.2 Å². The lowest BCUT2D eigenvalue weighted by Gasteiger charge is -2.26. The van der Waals surface area contributed by atoms with Crippen LogP contribution in [0.4, 0.5) is 0 Å². The highest BCUT2D eigenvalue weighted by Crippen LogP contribution is 2.37. The van der Waals surface area contributed by atoms with E-state index in [0.717, 1.165) is 41.1 Å². The van der Waals surface area contributed by atoms with Gasteiger partial charge >= 0.3 is 5.97 Å². The molecule has 0 aliphatic carbocycles. The maximum Gasteiger partial charge on any atom is 0.325 e. The van der Waals surface area contributed by atoms with E-state index in [-0.39, 0.29) is 12.6 Å². The Morgan fingerprint density at radius 1 is 1.30 bits per heavy atom. The van der Waals surface area contributed by atoms with Crippen molar-refractivity contribution in [3.63, 3.8) is 0 Å². The Morgan fingerprint density at radius 3 is 3.00 bits per heavy atom. The molecule has 1 amide bonds. The fraction of sp³-hybridized carbons (Fsp3) is 0.238. The van der Waals surface area contributed by atoms with Crippen LogP contribution in [0.2, 0.25) is 0 Å². The molecule has 0 bridgehead atoms. The van der Waals surface area contributed by atoms with Gasteiger partial charge in [0.15, 0.2) is 0 Å². The Labute approximate surface area is 176 Å². The van der Waals surface area contributed by atoms with Crippen LogP contribution in [0.3, 0.4) is 0 Å². The lowest BCUT2D eigenvalue weighted by Crippen LogP contribution is -2.29. The Bertz CT molecular complexity index is 1050. The summed E-state index contributed by atoms with van der Waals surface area (Å²) in [5, 5.41) is 2.80. The molecule has 0 fully saturated rings. The van der Waals surface area contributed by atoms with E-state index in [4.69, 9.17) is 9.47 Å². The van der Waals surface area contributed by atoms with Crippen LogP contribution in [0.25, 0.3) is 0 Å². The molecule has 0 saturated carbocycles. The maximum atomic E-state index is 12.0. The minimum atomic E-state index is -0.522. The van der Waals surface area contributed by atoms with Crippen molar-refractivity contribution in [2.45, 2.75) is 18.9 Å². The number of nitrogens with one attached hydrogen (secondary N) is 1. The molecule has 9 heteroatoms. The van der Waals surface area contributed by atoms with E-state index in [0.29, 0.717) is 15.8 Å². The van der Waals surface area contributed by atoms with Gasteiger partial charge in [0, 0.05) is 18.0 Å². The molecule has 8 nitrogen and oxygen atoms in total. The molecule has 2 aromatic heterocycles. The number of hydrogen-bond acceptors (Lipinski definition) is 8. The van der Waals surface area contributed by atoms with Crippen molar-refractivity contribution in [3.8, 4) is 16.7 Å². The largest absolute Gasteiger partial charge is 0.485 e. The molecule has 3 aromatic rings. The van der Waals surface area contributed by atoms with Gasteiger partial charge < -0.3 is 19.5 Å². The number of hydrogen-bond donors (Lipinski definition) is 1. The number of rotatable bonds is 6. The van der Waals surface area contributed by atoms with E-state index in [1.165, 1.54) is 13.3 Å². The summed E-state index contributed by atoms with van der Waals surface area (Å²) in [6, 6.07) is 9.53.